The summed E-state index contributed by atoms with van der Waals surface area (Å²) in [6.45, 7) is 4.42. The van der Waals surface area contributed by atoms with Crippen LogP contribution in [0.15, 0.2) is 0 Å². The van der Waals surface area contributed by atoms with Gasteiger partial charge in [0.15, 0.2) is 0 Å². The first-order valence-electron chi connectivity index (χ1n) is 7.25. The number of hydrogen-bond acceptors (Lipinski definition) is 3. The van der Waals surface area contributed by atoms with Gasteiger partial charge in [-0.3, -0.25) is 0 Å². The summed E-state index contributed by atoms with van der Waals surface area (Å²) in [4.78, 5) is 0. The Balaban J connectivity index is 1.68. The minimum Gasteiger partial charge on any atom is -0.386 e. The van der Waals surface area contributed by atoms with E-state index in [9.17, 15) is 5.11 Å². The summed E-state index contributed by atoms with van der Waals surface area (Å²) in [5.41, 5.74) is -0.634. The number of rotatable bonds is 4. The third kappa shape index (κ3) is 3.67. The van der Waals surface area contributed by atoms with E-state index in [1.807, 2.05) is 6.92 Å². The molecular weight excluding hydrogens is 214 g/mol. The molecule has 0 spiro atoms. The van der Waals surface area contributed by atoms with Gasteiger partial charge in [0, 0.05) is 19.6 Å². The lowest BCUT2D eigenvalue weighted by Crippen LogP contribution is -2.46. The summed E-state index contributed by atoms with van der Waals surface area (Å²) >= 11 is 0. The normalized spacial score (nSPS) is 36.0. The third-order valence-electron chi connectivity index (χ3n) is 4.50. The van der Waals surface area contributed by atoms with Gasteiger partial charge in [0.1, 0.15) is 5.60 Å². The van der Waals surface area contributed by atoms with E-state index in [-0.39, 0.29) is 6.10 Å². The Kier molecular flexibility index (Phi) is 4.83. The lowest BCUT2D eigenvalue weighted by molar-refractivity contribution is -0.0265. The molecule has 1 saturated heterocycles. The molecule has 2 unspecified atom stereocenters. The smallest absolute Gasteiger partial charge is 0.105 e. The average molecular weight is 241 g/mol. The van der Waals surface area contributed by atoms with Gasteiger partial charge in [0.25, 0.3) is 0 Å². The van der Waals surface area contributed by atoms with Crippen molar-refractivity contribution in [3.8, 4) is 0 Å². The van der Waals surface area contributed by atoms with E-state index in [1.165, 1.54) is 38.5 Å². The summed E-state index contributed by atoms with van der Waals surface area (Å²) in [6.07, 6.45) is 9.05. The average Bonchev–Trinajstić information content (AvgIpc) is 2.55. The maximum atomic E-state index is 10.4. The van der Waals surface area contributed by atoms with Gasteiger partial charge in [-0.15, -0.1) is 0 Å². The Morgan fingerprint density at radius 2 is 1.94 bits per heavy atom. The molecule has 0 aromatic heterocycles. The van der Waals surface area contributed by atoms with Gasteiger partial charge in [-0.25, -0.2) is 0 Å². The first-order chi connectivity index (χ1) is 8.21. The molecule has 0 aromatic carbocycles. The van der Waals surface area contributed by atoms with Gasteiger partial charge in [0.05, 0.1) is 6.10 Å². The van der Waals surface area contributed by atoms with Gasteiger partial charge < -0.3 is 15.2 Å². The van der Waals surface area contributed by atoms with E-state index in [0.717, 1.165) is 18.9 Å². The van der Waals surface area contributed by atoms with Crippen LogP contribution in [-0.4, -0.2) is 36.5 Å². The summed E-state index contributed by atoms with van der Waals surface area (Å²) in [5, 5.41) is 13.8. The SMILES string of the molecule is CC1OCCC1(O)CNCC1CCCCCC1. The topological polar surface area (TPSA) is 41.5 Å². The standard InChI is InChI=1S/C14H27NO2/c1-12-14(16,8-9-17-12)11-15-10-13-6-4-2-3-5-7-13/h12-13,15-16H,2-11H2,1H3. The van der Waals surface area contributed by atoms with E-state index in [0.29, 0.717) is 13.2 Å². The predicted octanol–water partition coefficient (Wildman–Crippen LogP) is 2.09. The van der Waals surface area contributed by atoms with Crippen LogP contribution >= 0.6 is 0 Å². The molecular formula is C14H27NO2. The molecule has 1 aliphatic heterocycles. The molecule has 17 heavy (non-hydrogen) atoms. The predicted molar refractivity (Wildman–Crippen MR) is 69.0 cm³/mol. The number of ether oxygens (including phenoxy) is 1. The van der Waals surface area contributed by atoms with Crippen LogP contribution in [0.4, 0.5) is 0 Å². The second-order valence-corrected chi connectivity index (χ2v) is 5.86. The van der Waals surface area contributed by atoms with Crippen LogP contribution in [-0.2, 0) is 4.74 Å². The van der Waals surface area contributed by atoms with Gasteiger partial charge in [-0.1, -0.05) is 25.7 Å². The minimum atomic E-state index is -0.634. The first-order valence-corrected chi connectivity index (χ1v) is 7.25. The highest BCUT2D eigenvalue weighted by Gasteiger charge is 2.39. The zero-order chi connectivity index (χ0) is 12.1. The fraction of sp³-hybridized carbons (Fsp3) is 1.00. The Labute approximate surface area is 105 Å². The Morgan fingerprint density at radius 1 is 1.24 bits per heavy atom. The maximum absolute atomic E-state index is 10.4. The Hall–Kier alpha value is -0.120. The molecule has 1 aliphatic carbocycles. The molecule has 1 heterocycles. The van der Waals surface area contributed by atoms with E-state index in [4.69, 9.17) is 4.74 Å². The second-order valence-electron chi connectivity index (χ2n) is 5.86. The number of aliphatic hydroxyl groups is 1. The van der Waals surface area contributed by atoms with Crippen LogP contribution in [0, 0.1) is 5.92 Å². The summed E-state index contributed by atoms with van der Waals surface area (Å²) in [5.74, 6) is 0.818. The molecule has 2 rings (SSSR count). The van der Waals surface area contributed by atoms with Crippen LogP contribution in [0.5, 0.6) is 0 Å². The molecule has 1 saturated carbocycles. The molecule has 0 bridgehead atoms. The van der Waals surface area contributed by atoms with Gasteiger partial charge in [-0.2, -0.15) is 0 Å². The van der Waals surface area contributed by atoms with Crippen LogP contribution in [0.25, 0.3) is 0 Å². The first kappa shape index (κ1) is 13.3. The molecule has 3 nitrogen and oxygen atoms in total. The summed E-state index contributed by atoms with van der Waals surface area (Å²) in [6, 6.07) is 0. The van der Waals surface area contributed by atoms with Crippen molar-refractivity contribution in [2.75, 3.05) is 19.7 Å². The fourth-order valence-corrected chi connectivity index (χ4v) is 3.06. The molecule has 0 radical (unpaired) electrons. The van der Waals surface area contributed by atoms with Crippen LogP contribution < -0.4 is 5.32 Å². The van der Waals surface area contributed by atoms with E-state index >= 15 is 0 Å². The van der Waals surface area contributed by atoms with Crippen molar-refractivity contribution in [2.45, 2.75) is 63.6 Å². The van der Waals surface area contributed by atoms with E-state index in [1.54, 1.807) is 0 Å². The van der Waals surface area contributed by atoms with Crippen molar-refractivity contribution in [1.29, 1.82) is 0 Å². The third-order valence-corrected chi connectivity index (χ3v) is 4.50. The van der Waals surface area contributed by atoms with Crippen molar-refractivity contribution in [2.24, 2.45) is 5.92 Å². The van der Waals surface area contributed by atoms with E-state index < -0.39 is 5.60 Å². The van der Waals surface area contributed by atoms with Crippen LogP contribution in [0.3, 0.4) is 0 Å². The minimum absolute atomic E-state index is 0.0240. The zero-order valence-corrected chi connectivity index (χ0v) is 11.1. The van der Waals surface area contributed by atoms with Crippen molar-refractivity contribution in [3.05, 3.63) is 0 Å². The lowest BCUT2D eigenvalue weighted by Gasteiger charge is -2.27. The van der Waals surface area contributed by atoms with Crippen LogP contribution in [0.1, 0.15) is 51.9 Å². The molecule has 2 N–H and O–H groups in total. The quantitative estimate of drug-likeness (QED) is 0.741. The molecule has 0 aromatic rings. The highest BCUT2D eigenvalue weighted by atomic mass is 16.5. The second kappa shape index (κ2) is 6.17. The molecule has 2 atom stereocenters. The Morgan fingerprint density at radius 3 is 2.53 bits per heavy atom. The summed E-state index contributed by atoms with van der Waals surface area (Å²) in [7, 11) is 0. The maximum Gasteiger partial charge on any atom is 0.105 e. The largest absolute Gasteiger partial charge is 0.386 e. The van der Waals surface area contributed by atoms with Crippen molar-refractivity contribution in [3.63, 3.8) is 0 Å². The highest BCUT2D eigenvalue weighted by Crippen LogP contribution is 2.25. The van der Waals surface area contributed by atoms with E-state index in [2.05, 4.69) is 5.32 Å². The fourth-order valence-electron chi connectivity index (χ4n) is 3.06. The van der Waals surface area contributed by atoms with Gasteiger partial charge in [-0.05, 0) is 32.2 Å². The van der Waals surface area contributed by atoms with Crippen molar-refractivity contribution in [1.82, 2.24) is 5.32 Å². The number of nitrogens with one attached hydrogen (secondary N) is 1. The molecule has 3 heteroatoms. The van der Waals surface area contributed by atoms with Crippen LogP contribution in [0.2, 0.25) is 0 Å². The molecule has 2 fully saturated rings. The lowest BCUT2D eigenvalue weighted by atomic mass is 9.95. The monoisotopic (exact) mass is 241 g/mol. The molecule has 0 amide bonds. The van der Waals surface area contributed by atoms with Crippen molar-refractivity contribution >= 4 is 0 Å². The van der Waals surface area contributed by atoms with Gasteiger partial charge in [0.2, 0.25) is 0 Å². The molecule has 100 valence electrons. The van der Waals surface area contributed by atoms with Crippen molar-refractivity contribution < 1.29 is 9.84 Å². The zero-order valence-electron chi connectivity index (χ0n) is 11.1. The highest BCUT2D eigenvalue weighted by molar-refractivity contribution is 4.91. The summed E-state index contributed by atoms with van der Waals surface area (Å²) < 4.78 is 5.44. The van der Waals surface area contributed by atoms with Gasteiger partial charge >= 0.3 is 0 Å². The molecule has 2 aliphatic rings. The Bertz CT molecular complexity index is 226. The number of hydrogen-bond donors (Lipinski definition) is 2.